The van der Waals surface area contributed by atoms with Crippen molar-refractivity contribution in [2.75, 3.05) is 18.0 Å². The van der Waals surface area contributed by atoms with Crippen LogP contribution in [0.2, 0.25) is 0 Å². The third-order valence-electron chi connectivity index (χ3n) is 2.90. The van der Waals surface area contributed by atoms with Gasteiger partial charge in [-0.1, -0.05) is 25.1 Å². The molecule has 0 spiro atoms. The molecular weight excluding hydrogens is 216 g/mol. The molecular formula is C13H16N2O2. The first-order valence-electron chi connectivity index (χ1n) is 5.87. The fourth-order valence-electron chi connectivity index (χ4n) is 1.99. The highest BCUT2D eigenvalue weighted by Gasteiger charge is 2.25. The van der Waals surface area contributed by atoms with Gasteiger partial charge < -0.3 is 10.2 Å². The molecule has 0 aliphatic carbocycles. The zero-order valence-corrected chi connectivity index (χ0v) is 9.90. The maximum atomic E-state index is 11.8. The van der Waals surface area contributed by atoms with Crippen molar-refractivity contribution in [3.05, 3.63) is 29.8 Å². The van der Waals surface area contributed by atoms with Crippen LogP contribution >= 0.6 is 0 Å². The standard InChI is InChI=1S/C13H16N2O2/c1-2-12(16)14-7-8-15-11-6-4-3-5-10(11)9-13(15)17/h3-6H,2,7-9H2,1H3,(H,14,16). The van der Waals surface area contributed by atoms with Crippen LogP contribution in [0.3, 0.4) is 0 Å². The van der Waals surface area contributed by atoms with Crippen molar-refractivity contribution in [1.82, 2.24) is 5.32 Å². The molecule has 4 nitrogen and oxygen atoms in total. The summed E-state index contributed by atoms with van der Waals surface area (Å²) in [5, 5.41) is 2.78. The third-order valence-corrected chi connectivity index (χ3v) is 2.90. The van der Waals surface area contributed by atoms with Gasteiger partial charge in [-0.05, 0) is 11.6 Å². The van der Waals surface area contributed by atoms with Crippen LogP contribution in [0.15, 0.2) is 24.3 Å². The Morgan fingerprint density at radius 3 is 2.94 bits per heavy atom. The Hall–Kier alpha value is -1.84. The number of nitrogens with one attached hydrogen (secondary N) is 1. The van der Waals surface area contributed by atoms with E-state index >= 15 is 0 Å². The first-order chi connectivity index (χ1) is 8.22. The minimum absolute atomic E-state index is 0.0185. The lowest BCUT2D eigenvalue weighted by atomic mass is 10.2. The minimum Gasteiger partial charge on any atom is -0.354 e. The summed E-state index contributed by atoms with van der Waals surface area (Å²) in [6.07, 6.45) is 0.947. The van der Waals surface area contributed by atoms with Crippen molar-refractivity contribution in [3.8, 4) is 0 Å². The topological polar surface area (TPSA) is 49.4 Å². The molecule has 1 heterocycles. The molecule has 0 unspecified atom stereocenters. The van der Waals surface area contributed by atoms with E-state index in [9.17, 15) is 9.59 Å². The van der Waals surface area contributed by atoms with Crippen LogP contribution in [0.5, 0.6) is 0 Å². The molecule has 0 atom stereocenters. The molecule has 1 aromatic rings. The van der Waals surface area contributed by atoms with E-state index in [2.05, 4.69) is 5.32 Å². The quantitative estimate of drug-likeness (QED) is 0.845. The number of benzene rings is 1. The number of hydrogen-bond acceptors (Lipinski definition) is 2. The molecule has 4 heteroatoms. The molecule has 1 aromatic carbocycles. The highest BCUT2D eigenvalue weighted by atomic mass is 16.2. The zero-order chi connectivity index (χ0) is 12.3. The predicted octanol–water partition coefficient (Wildman–Crippen LogP) is 1.10. The lowest BCUT2D eigenvalue weighted by Crippen LogP contribution is -2.36. The maximum absolute atomic E-state index is 11.8. The van der Waals surface area contributed by atoms with E-state index in [4.69, 9.17) is 0 Å². The Labute approximate surface area is 101 Å². The predicted molar refractivity (Wildman–Crippen MR) is 65.8 cm³/mol. The van der Waals surface area contributed by atoms with Gasteiger partial charge >= 0.3 is 0 Å². The summed E-state index contributed by atoms with van der Waals surface area (Å²) in [4.78, 5) is 24.6. The molecule has 0 radical (unpaired) electrons. The number of para-hydroxylation sites is 1. The number of hydrogen-bond donors (Lipinski definition) is 1. The maximum Gasteiger partial charge on any atom is 0.231 e. The molecule has 1 N–H and O–H groups in total. The molecule has 90 valence electrons. The Morgan fingerprint density at radius 1 is 1.41 bits per heavy atom. The van der Waals surface area contributed by atoms with Crippen molar-refractivity contribution in [2.45, 2.75) is 19.8 Å². The average molecular weight is 232 g/mol. The normalized spacial score (nSPS) is 13.7. The largest absolute Gasteiger partial charge is 0.354 e. The number of fused-ring (bicyclic) bond motifs is 1. The smallest absolute Gasteiger partial charge is 0.231 e. The number of carbonyl (C=O) groups is 2. The summed E-state index contributed by atoms with van der Waals surface area (Å²) in [6.45, 7) is 2.86. The van der Waals surface area contributed by atoms with Crippen LogP contribution in [-0.4, -0.2) is 24.9 Å². The first kappa shape index (κ1) is 11.6. The minimum atomic E-state index is 0.0185. The molecule has 0 saturated carbocycles. The van der Waals surface area contributed by atoms with Gasteiger partial charge in [-0.3, -0.25) is 9.59 Å². The number of anilines is 1. The van der Waals surface area contributed by atoms with Crippen molar-refractivity contribution < 1.29 is 9.59 Å². The van der Waals surface area contributed by atoms with Gasteiger partial charge in [-0.2, -0.15) is 0 Å². The molecule has 2 amide bonds. The molecule has 17 heavy (non-hydrogen) atoms. The highest BCUT2D eigenvalue weighted by molar-refractivity contribution is 6.01. The molecule has 0 bridgehead atoms. The van der Waals surface area contributed by atoms with E-state index in [0.29, 0.717) is 25.9 Å². The van der Waals surface area contributed by atoms with Crippen LogP contribution in [0, 0.1) is 0 Å². The first-order valence-corrected chi connectivity index (χ1v) is 5.87. The highest BCUT2D eigenvalue weighted by Crippen LogP contribution is 2.27. The van der Waals surface area contributed by atoms with Crippen molar-refractivity contribution >= 4 is 17.5 Å². The van der Waals surface area contributed by atoms with Gasteiger partial charge in [0.05, 0.1) is 6.42 Å². The van der Waals surface area contributed by atoms with E-state index in [1.807, 2.05) is 31.2 Å². The summed E-state index contributed by atoms with van der Waals surface area (Å²) in [7, 11) is 0. The van der Waals surface area contributed by atoms with Crippen LogP contribution in [-0.2, 0) is 16.0 Å². The fraction of sp³-hybridized carbons (Fsp3) is 0.385. The van der Waals surface area contributed by atoms with Crippen LogP contribution < -0.4 is 10.2 Å². The van der Waals surface area contributed by atoms with Gasteiger partial charge in [0, 0.05) is 25.2 Å². The molecule has 0 fully saturated rings. The number of carbonyl (C=O) groups excluding carboxylic acids is 2. The van der Waals surface area contributed by atoms with Gasteiger partial charge in [0.1, 0.15) is 0 Å². The third kappa shape index (κ3) is 2.46. The van der Waals surface area contributed by atoms with E-state index in [1.54, 1.807) is 4.90 Å². The van der Waals surface area contributed by atoms with Gasteiger partial charge in [0.25, 0.3) is 0 Å². The molecule has 0 aromatic heterocycles. The van der Waals surface area contributed by atoms with Gasteiger partial charge in [-0.15, -0.1) is 0 Å². The average Bonchev–Trinajstić information content (AvgIpc) is 2.66. The number of amides is 2. The lowest BCUT2D eigenvalue weighted by molar-refractivity contribution is -0.121. The van der Waals surface area contributed by atoms with Crippen molar-refractivity contribution in [1.29, 1.82) is 0 Å². The van der Waals surface area contributed by atoms with Crippen LogP contribution in [0.4, 0.5) is 5.69 Å². The van der Waals surface area contributed by atoms with Crippen molar-refractivity contribution in [3.63, 3.8) is 0 Å². The number of rotatable bonds is 4. The van der Waals surface area contributed by atoms with E-state index < -0.39 is 0 Å². The van der Waals surface area contributed by atoms with E-state index in [1.165, 1.54) is 0 Å². The lowest BCUT2D eigenvalue weighted by Gasteiger charge is -2.17. The summed E-state index contributed by atoms with van der Waals surface area (Å²) in [5.41, 5.74) is 2.04. The molecule has 0 saturated heterocycles. The van der Waals surface area contributed by atoms with Gasteiger partial charge in [0.15, 0.2) is 0 Å². The number of nitrogens with zero attached hydrogens (tertiary/aromatic N) is 1. The Morgan fingerprint density at radius 2 is 2.18 bits per heavy atom. The SMILES string of the molecule is CCC(=O)NCCN1C(=O)Cc2ccccc21. The summed E-state index contributed by atoms with van der Waals surface area (Å²) in [6, 6.07) is 7.78. The second-order valence-electron chi connectivity index (χ2n) is 4.05. The van der Waals surface area contributed by atoms with E-state index in [-0.39, 0.29) is 11.8 Å². The summed E-state index contributed by atoms with van der Waals surface area (Å²) < 4.78 is 0. The second-order valence-corrected chi connectivity index (χ2v) is 4.05. The Bertz CT molecular complexity index is 443. The fourth-order valence-corrected chi connectivity index (χ4v) is 1.99. The molecule has 1 aliphatic rings. The Kier molecular flexibility index (Phi) is 3.42. The monoisotopic (exact) mass is 232 g/mol. The van der Waals surface area contributed by atoms with Crippen LogP contribution in [0.25, 0.3) is 0 Å². The second kappa shape index (κ2) is 4.99. The summed E-state index contributed by atoms with van der Waals surface area (Å²) in [5.74, 6) is 0.127. The zero-order valence-electron chi connectivity index (χ0n) is 9.90. The van der Waals surface area contributed by atoms with Crippen LogP contribution in [0.1, 0.15) is 18.9 Å². The Balaban J connectivity index is 1.97. The van der Waals surface area contributed by atoms with Crippen molar-refractivity contribution in [2.24, 2.45) is 0 Å². The molecule has 2 rings (SSSR count). The van der Waals surface area contributed by atoms with E-state index in [0.717, 1.165) is 11.3 Å². The van der Waals surface area contributed by atoms with Gasteiger partial charge in [-0.25, -0.2) is 0 Å². The molecule has 1 aliphatic heterocycles. The summed E-state index contributed by atoms with van der Waals surface area (Å²) >= 11 is 0. The van der Waals surface area contributed by atoms with Gasteiger partial charge in [0.2, 0.25) is 11.8 Å².